The lowest BCUT2D eigenvalue weighted by atomic mass is 10.3. The normalized spacial score (nSPS) is 10.1. The number of anilines is 1. The zero-order valence-corrected chi connectivity index (χ0v) is 9.65. The molecule has 0 heterocycles. The average Bonchev–Trinajstić information content (AvgIpc) is 2.13. The highest BCUT2D eigenvalue weighted by atomic mass is 79.9. The monoisotopic (exact) mass is 263 g/mol. The maximum Gasteiger partial charge on any atom is 0.0779 e. The van der Waals surface area contributed by atoms with Crippen LogP contribution in [0.1, 0.15) is 0 Å². The highest BCUT2D eigenvalue weighted by Gasteiger charge is 2.01. The molecule has 0 amide bonds. The molecule has 0 aliphatic heterocycles. The number of ether oxygens (including phenoxy) is 1. The summed E-state index contributed by atoms with van der Waals surface area (Å²) in [5.41, 5.74) is 0.924. The van der Waals surface area contributed by atoms with Crippen LogP contribution in [-0.2, 0) is 4.74 Å². The van der Waals surface area contributed by atoms with Crippen LogP contribution in [0.25, 0.3) is 0 Å². The second kappa shape index (κ2) is 5.47. The molecule has 0 saturated heterocycles. The summed E-state index contributed by atoms with van der Waals surface area (Å²) in [6.07, 6.45) is 0. The quantitative estimate of drug-likeness (QED) is 0.844. The van der Waals surface area contributed by atoms with Crippen LogP contribution >= 0.6 is 27.5 Å². The summed E-state index contributed by atoms with van der Waals surface area (Å²) in [6.45, 7) is 1.43. The molecular weight excluding hydrogens is 253 g/mol. The summed E-state index contributed by atoms with van der Waals surface area (Å²) in [5.74, 6) is 0. The largest absolute Gasteiger partial charge is 0.383 e. The lowest BCUT2D eigenvalue weighted by Gasteiger charge is -2.08. The Morgan fingerprint density at radius 1 is 1.54 bits per heavy atom. The minimum atomic E-state index is 0.669. The summed E-state index contributed by atoms with van der Waals surface area (Å²) in [7, 11) is 1.67. The van der Waals surface area contributed by atoms with Crippen LogP contribution in [0.15, 0.2) is 22.7 Å². The number of nitrogens with one attached hydrogen (secondary N) is 1. The van der Waals surface area contributed by atoms with Gasteiger partial charge in [-0.2, -0.15) is 0 Å². The lowest BCUT2D eigenvalue weighted by molar-refractivity contribution is 0.211. The van der Waals surface area contributed by atoms with Crippen molar-refractivity contribution in [2.24, 2.45) is 0 Å². The predicted octanol–water partition coefficient (Wildman–Crippen LogP) is 3.16. The third-order valence-corrected chi connectivity index (χ3v) is 2.87. The Balaban J connectivity index is 2.61. The van der Waals surface area contributed by atoms with Crippen molar-refractivity contribution in [1.82, 2.24) is 0 Å². The molecule has 2 nitrogen and oxygen atoms in total. The molecule has 1 rings (SSSR count). The molecule has 72 valence electrons. The van der Waals surface area contributed by atoms with Crippen LogP contribution in [0.4, 0.5) is 5.69 Å². The molecular formula is C9H11BrClNO. The first kappa shape index (κ1) is 10.8. The van der Waals surface area contributed by atoms with E-state index in [1.54, 1.807) is 7.11 Å². The van der Waals surface area contributed by atoms with Gasteiger partial charge in [-0.15, -0.1) is 0 Å². The number of halogens is 2. The molecule has 1 N–H and O–H groups in total. The van der Waals surface area contributed by atoms with Crippen molar-refractivity contribution in [3.63, 3.8) is 0 Å². The molecule has 4 heteroatoms. The average molecular weight is 265 g/mol. The van der Waals surface area contributed by atoms with Gasteiger partial charge in [0.2, 0.25) is 0 Å². The number of rotatable bonds is 4. The van der Waals surface area contributed by atoms with Crippen LogP contribution in [0.5, 0.6) is 0 Å². The third kappa shape index (κ3) is 3.18. The van der Waals surface area contributed by atoms with Crippen molar-refractivity contribution in [2.45, 2.75) is 0 Å². The van der Waals surface area contributed by atoms with Gasteiger partial charge < -0.3 is 10.1 Å². The van der Waals surface area contributed by atoms with Gasteiger partial charge >= 0.3 is 0 Å². The van der Waals surface area contributed by atoms with Gasteiger partial charge in [-0.25, -0.2) is 0 Å². The molecule has 0 aliphatic rings. The molecule has 0 aliphatic carbocycles. The van der Waals surface area contributed by atoms with Crippen molar-refractivity contribution in [3.8, 4) is 0 Å². The van der Waals surface area contributed by atoms with E-state index in [-0.39, 0.29) is 0 Å². The van der Waals surface area contributed by atoms with Crippen molar-refractivity contribution in [1.29, 1.82) is 0 Å². The summed E-state index contributed by atoms with van der Waals surface area (Å²) >= 11 is 9.37. The summed E-state index contributed by atoms with van der Waals surface area (Å²) in [5, 5.41) is 3.87. The molecule has 0 aromatic heterocycles. The molecule has 13 heavy (non-hydrogen) atoms. The van der Waals surface area contributed by atoms with Crippen LogP contribution < -0.4 is 5.32 Å². The maximum absolute atomic E-state index is 6.02. The Kier molecular flexibility index (Phi) is 4.56. The fourth-order valence-corrected chi connectivity index (χ4v) is 1.49. The first-order chi connectivity index (χ1) is 6.25. The standard InChI is InChI=1S/C9H11BrClNO/c1-13-6-5-12-8-4-2-3-7(10)9(8)11/h2-4,12H,5-6H2,1H3. The fourth-order valence-electron chi connectivity index (χ4n) is 0.928. The van der Waals surface area contributed by atoms with Crippen LogP contribution in [0.2, 0.25) is 5.02 Å². The van der Waals surface area contributed by atoms with E-state index in [9.17, 15) is 0 Å². The number of hydrogen-bond acceptors (Lipinski definition) is 2. The molecule has 1 aromatic carbocycles. The predicted molar refractivity (Wildman–Crippen MR) is 59.5 cm³/mol. The van der Waals surface area contributed by atoms with Gasteiger partial charge in [0.1, 0.15) is 0 Å². The van der Waals surface area contributed by atoms with Crippen molar-refractivity contribution in [2.75, 3.05) is 25.6 Å². The Labute approximate surface area is 91.4 Å². The van der Waals surface area contributed by atoms with Gasteiger partial charge in [0.25, 0.3) is 0 Å². The summed E-state index contributed by atoms with van der Waals surface area (Å²) in [6, 6.07) is 5.78. The lowest BCUT2D eigenvalue weighted by Crippen LogP contribution is -2.07. The van der Waals surface area contributed by atoms with E-state index in [0.717, 1.165) is 16.7 Å². The molecule has 0 radical (unpaired) electrons. The molecule has 1 aromatic rings. The maximum atomic E-state index is 6.02. The van der Waals surface area contributed by atoms with Crippen LogP contribution in [-0.4, -0.2) is 20.3 Å². The molecule has 0 atom stereocenters. The van der Waals surface area contributed by atoms with E-state index >= 15 is 0 Å². The van der Waals surface area contributed by atoms with Gasteiger partial charge in [0.05, 0.1) is 17.3 Å². The number of methoxy groups -OCH3 is 1. The minimum absolute atomic E-state index is 0.669. The van der Waals surface area contributed by atoms with Gasteiger partial charge in [0, 0.05) is 18.1 Å². The zero-order valence-electron chi connectivity index (χ0n) is 7.31. The van der Waals surface area contributed by atoms with E-state index in [1.807, 2.05) is 18.2 Å². The first-order valence-corrected chi connectivity index (χ1v) is 5.09. The van der Waals surface area contributed by atoms with E-state index in [4.69, 9.17) is 16.3 Å². The number of hydrogen-bond donors (Lipinski definition) is 1. The second-order valence-corrected chi connectivity index (χ2v) is 3.75. The Hall–Kier alpha value is -0.250. The van der Waals surface area contributed by atoms with E-state index in [1.165, 1.54) is 0 Å². The second-order valence-electron chi connectivity index (χ2n) is 2.52. The molecule has 0 unspecified atom stereocenters. The highest BCUT2D eigenvalue weighted by molar-refractivity contribution is 9.10. The van der Waals surface area contributed by atoms with Crippen LogP contribution in [0, 0.1) is 0 Å². The molecule has 0 spiro atoms. The molecule has 0 bridgehead atoms. The van der Waals surface area contributed by atoms with Crippen molar-refractivity contribution in [3.05, 3.63) is 27.7 Å². The smallest absolute Gasteiger partial charge is 0.0779 e. The summed E-state index contributed by atoms with van der Waals surface area (Å²) in [4.78, 5) is 0. The Morgan fingerprint density at radius 2 is 2.31 bits per heavy atom. The van der Waals surface area contributed by atoms with E-state index in [0.29, 0.717) is 11.6 Å². The van der Waals surface area contributed by atoms with Crippen LogP contribution in [0.3, 0.4) is 0 Å². The topological polar surface area (TPSA) is 21.3 Å². The van der Waals surface area contributed by atoms with Crippen molar-refractivity contribution < 1.29 is 4.74 Å². The zero-order chi connectivity index (χ0) is 9.68. The van der Waals surface area contributed by atoms with E-state index < -0.39 is 0 Å². The third-order valence-electron chi connectivity index (χ3n) is 1.57. The number of benzene rings is 1. The minimum Gasteiger partial charge on any atom is -0.383 e. The molecule has 0 saturated carbocycles. The van der Waals surface area contributed by atoms with Crippen molar-refractivity contribution >= 4 is 33.2 Å². The van der Waals surface area contributed by atoms with Gasteiger partial charge in [-0.1, -0.05) is 17.7 Å². The molecule has 0 fully saturated rings. The van der Waals surface area contributed by atoms with E-state index in [2.05, 4.69) is 21.2 Å². The van der Waals surface area contributed by atoms with Gasteiger partial charge in [-0.05, 0) is 28.1 Å². The van der Waals surface area contributed by atoms with Gasteiger partial charge in [0.15, 0.2) is 0 Å². The first-order valence-electron chi connectivity index (χ1n) is 3.92. The summed E-state index contributed by atoms with van der Waals surface area (Å²) < 4.78 is 5.82. The fraction of sp³-hybridized carbons (Fsp3) is 0.333. The highest BCUT2D eigenvalue weighted by Crippen LogP contribution is 2.29. The Bertz CT molecular complexity index is 280. The van der Waals surface area contributed by atoms with Gasteiger partial charge in [-0.3, -0.25) is 0 Å². The Morgan fingerprint density at radius 3 is 3.00 bits per heavy atom. The SMILES string of the molecule is COCCNc1cccc(Br)c1Cl.